The molecule has 10 nitrogen and oxygen atoms in total. The number of quaternary nitrogens is 1. The minimum absolute atomic E-state index is 0.0590. The van der Waals surface area contributed by atoms with Gasteiger partial charge in [0.1, 0.15) is 23.7 Å². The molecule has 0 spiro atoms. The van der Waals surface area contributed by atoms with Gasteiger partial charge in [-0.05, 0) is 70.6 Å². The number of hydrogen-bond acceptors (Lipinski definition) is 6. The number of nitrogens with one attached hydrogen (secondary N) is 2. The van der Waals surface area contributed by atoms with Crippen LogP contribution >= 0.6 is 0 Å². The number of nitrogens with zero attached hydrogens (tertiary/aromatic N) is 1. The first-order chi connectivity index (χ1) is 17.8. The molecule has 1 saturated heterocycles. The van der Waals surface area contributed by atoms with E-state index >= 15 is 0 Å². The number of rotatable bonds is 11. The molecule has 1 heterocycles. The first-order valence-corrected chi connectivity index (χ1v) is 13.9. The Morgan fingerprint density at radius 2 is 1.68 bits per heavy atom. The zero-order chi connectivity index (χ0) is 28.6. The molecule has 4 amide bonds. The third kappa shape index (κ3) is 8.64. The van der Waals surface area contributed by atoms with E-state index in [-0.39, 0.29) is 30.1 Å². The van der Waals surface area contributed by atoms with Gasteiger partial charge in [0.25, 0.3) is 5.78 Å². The van der Waals surface area contributed by atoms with E-state index in [0.717, 1.165) is 32.1 Å². The van der Waals surface area contributed by atoms with Gasteiger partial charge >= 0.3 is 12.0 Å². The molecule has 4 unspecified atom stereocenters. The summed E-state index contributed by atoms with van der Waals surface area (Å²) >= 11 is 0. The molecule has 0 aromatic heterocycles. The van der Waals surface area contributed by atoms with E-state index in [0.29, 0.717) is 19.4 Å². The number of amides is 4. The van der Waals surface area contributed by atoms with Crippen molar-refractivity contribution < 1.29 is 34.4 Å². The van der Waals surface area contributed by atoms with Crippen LogP contribution in [-0.4, -0.2) is 64.8 Å². The maximum atomic E-state index is 14.1. The second kappa shape index (κ2) is 13.9. The standard InChI is InChI=1S/C28H46N4O6/c1-7-8-14-20(23(33)24(29)34)30-25(35)22-19(17(2)3)15-16-32(22)26(36)21(18-12-10-9-11-13-18)31-27(37)38-28(4,5)6/h7,17-22H,1,8-16H2,2-6H3,(H2,29,34)(H,30,35)(H,31,37)/p+1. The summed E-state index contributed by atoms with van der Waals surface area (Å²) in [5.74, 6) is -2.55. The molecule has 0 aromatic rings. The minimum atomic E-state index is -1.04. The number of ketones is 1. The lowest BCUT2D eigenvalue weighted by atomic mass is 9.83. The summed E-state index contributed by atoms with van der Waals surface area (Å²) in [6.45, 7) is 13.3. The van der Waals surface area contributed by atoms with Gasteiger partial charge in [0.2, 0.25) is 11.8 Å². The van der Waals surface area contributed by atoms with Gasteiger partial charge < -0.3 is 20.3 Å². The molecule has 10 heteroatoms. The van der Waals surface area contributed by atoms with Crippen LogP contribution in [0.5, 0.6) is 0 Å². The van der Waals surface area contributed by atoms with Crippen molar-refractivity contribution in [2.45, 2.75) is 110 Å². The Labute approximate surface area is 226 Å². The molecule has 214 valence electrons. The van der Waals surface area contributed by atoms with Crippen molar-refractivity contribution in [1.29, 1.82) is 0 Å². The zero-order valence-corrected chi connectivity index (χ0v) is 23.7. The van der Waals surface area contributed by atoms with E-state index in [2.05, 4.69) is 22.9 Å². The molecule has 5 N–H and O–H groups in total. The van der Waals surface area contributed by atoms with Crippen LogP contribution in [0.4, 0.5) is 4.79 Å². The number of carbonyl (C=O) groups excluding carboxylic acids is 5. The minimum Gasteiger partial charge on any atom is -0.444 e. The van der Waals surface area contributed by atoms with Gasteiger partial charge in [0, 0.05) is 6.54 Å². The monoisotopic (exact) mass is 535 g/mol. The Morgan fingerprint density at radius 3 is 2.21 bits per heavy atom. The van der Waals surface area contributed by atoms with E-state index in [9.17, 15) is 24.0 Å². The highest BCUT2D eigenvalue weighted by Gasteiger charge is 2.47. The molecule has 1 aliphatic carbocycles. The van der Waals surface area contributed by atoms with Gasteiger partial charge in [0.15, 0.2) is 0 Å². The van der Waals surface area contributed by atoms with Gasteiger partial charge in [-0.3, -0.25) is 20.1 Å². The fraction of sp³-hybridized carbons (Fsp3) is 0.750. The lowest BCUT2D eigenvalue weighted by molar-refractivity contribution is -0.300. The van der Waals surface area contributed by atoms with Crippen LogP contribution in [0.25, 0.3) is 0 Å². The van der Waals surface area contributed by atoms with Crippen LogP contribution in [0.2, 0.25) is 0 Å². The first-order valence-electron chi connectivity index (χ1n) is 13.9. The molecular weight excluding hydrogens is 488 g/mol. The average molecular weight is 536 g/mol. The van der Waals surface area contributed by atoms with Crippen LogP contribution in [0, 0.1) is 17.8 Å². The predicted octanol–water partition coefficient (Wildman–Crippen LogP) is 2.12. The van der Waals surface area contributed by atoms with Gasteiger partial charge in [-0.2, -0.15) is 0 Å². The Hall–Kier alpha value is -2.75. The number of allylic oxidation sites excluding steroid dienone is 1. The van der Waals surface area contributed by atoms with Crippen LogP contribution in [0.15, 0.2) is 12.7 Å². The summed E-state index contributed by atoms with van der Waals surface area (Å²) in [6, 6.07) is -2.68. The van der Waals surface area contributed by atoms with Gasteiger partial charge in [-0.25, -0.2) is 9.59 Å². The lowest BCUT2D eigenvalue weighted by Gasteiger charge is -2.36. The Morgan fingerprint density at radius 1 is 1.05 bits per heavy atom. The highest BCUT2D eigenvalue weighted by molar-refractivity contribution is 6.34. The maximum absolute atomic E-state index is 14.1. The lowest BCUT2D eigenvalue weighted by Crippen LogP contribution is -2.65. The largest absolute Gasteiger partial charge is 0.444 e. The highest BCUT2D eigenvalue weighted by atomic mass is 16.6. The molecule has 2 fully saturated rings. The fourth-order valence-electron chi connectivity index (χ4n) is 5.56. The first kappa shape index (κ1) is 31.5. The van der Waals surface area contributed by atoms with Crippen LogP contribution < -0.4 is 16.4 Å². The highest BCUT2D eigenvalue weighted by Crippen LogP contribution is 2.34. The molecule has 0 radical (unpaired) electrons. The molecule has 4 atom stereocenters. The van der Waals surface area contributed by atoms with Crippen molar-refractivity contribution in [3.8, 4) is 0 Å². The predicted molar refractivity (Wildman–Crippen MR) is 142 cm³/mol. The number of ether oxygens (including phenoxy) is 1. The van der Waals surface area contributed by atoms with Gasteiger partial charge in [-0.1, -0.05) is 39.2 Å². The summed E-state index contributed by atoms with van der Waals surface area (Å²) in [5.41, 5.74) is 2.48. The van der Waals surface area contributed by atoms with Crippen molar-refractivity contribution in [3.63, 3.8) is 0 Å². The zero-order valence-electron chi connectivity index (χ0n) is 23.7. The summed E-state index contributed by atoms with van der Waals surface area (Å²) in [5, 5.41) is 5.56. The van der Waals surface area contributed by atoms with Gasteiger partial charge in [-0.15, -0.1) is 6.58 Å². The molecule has 1 aliphatic heterocycles. The van der Waals surface area contributed by atoms with E-state index in [1.54, 1.807) is 31.7 Å². The van der Waals surface area contributed by atoms with E-state index < -0.39 is 47.4 Å². The summed E-state index contributed by atoms with van der Waals surface area (Å²) in [7, 11) is 0. The molecule has 0 aromatic carbocycles. The Bertz CT molecular complexity index is 890. The number of likely N-dealkylation sites (tertiary alicyclic amines) is 1. The van der Waals surface area contributed by atoms with Crippen molar-refractivity contribution in [2.24, 2.45) is 17.8 Å². The number of hydrogen-bond donors (Lipinski definition) is 3. The van der Waals surface area contributed by atoms with Crippen LogP contribution in [-0.2, 0) is 23.9 Å². The van der Waals surface area contributed by atoms with Gasteiger partial charge in [0.05, 0.1) is 0 Å². The van der Waals surface area contributed by atoms with E-state index in [1.165, 1.54) is 0 Å². The molecule has 2 rings (SSSR count). The number of alkyl carbamates (subject to hydrolysis) is 1. The molecular formula is C28H47N4O6+. The summed E-state index contributed by atoms with van der Waals surface area (Å²) in [4.78, 5) is 66.2. The normalized spacial score (nSPS) is 21.9. The average Bonchev–Trinajstić information content (AvgIpc) is 3.29. The third-order valence-corrected chi connectivity index (χ3v) is 7.48. The Kier molecular flexibility index (Phi) is 11.5. The summed E-state index contributed by atoms with van der Waals surface area (Å²) < 4.78 is 5.46. The molecule has 0 bridgehead atoms. The molecule has 2 aliphatic rings. The van der Waals surface area contributed by atoms with Crippen LogP contribution in [0.3, 0.4) is 0 Å². The number of Topliss-reactive ketones (excluding diaryl/α,β-unsaturated/α-hetero) is 1. The second-order valence-electron chi connectivity index (χ2n) is 11.9. The van der Waals surface area contributed by atoms with E-state index in [4.69, 9.17) is 4.74 Å². The number of carbonyl (C=O) groups is 5. The van der Waals surface area contributed by atoms with Crippen LogP contribution in [0.1, 0.15) is 86.0 Å². The molecule has 38 heavy (non-hydrogen) atoms. The maximum Gasteiger partial charge on any atom is 0.408 e. The van der Waals surface area contributed by atoms with Crippen molar-refractivity contribution >= 4 is 29.6 Å². The smallest absolute Gasteiger partial charge is 0.408 e. The SMILES string of the molecule is C=CCCC(NC(=O)C1C(C(C)C)CCN1C(=O)C(NC(=O)OC(C)(C)C)C1CCCCC1)C(=O)C([NH3+])=O. The van der Waals surface area contributed by atoms with Crippen molar-refractivity contribution in [1.82, 2.24) is 15.5 Å². The quantitative estimate of drug-likeness (QED) is 0.272. The van der Waals surface area contributed by atoms with E-state index in [1.807, 2.05) is 13.8 Å². The van der Waals surface area contributed by atoms with Crippen molar-refractivity contribution in [2.75, 3.05) is 6.54 Å². The molecule has 1 saturated carbocycles. The summed E-state index contributed by atoms with van der Waals surface area (Å²) in [6.07, 6.45) is 6.82. The fourth-order valence-corrected chi connectivity index (χ4v) is 5.56. The Balaban J connectivity index is 2.34. The third-order valence-electron chi connectivity index (χ3n) is 7.48. The second-order valence-corrected chi connectivity index (χ2v) is 11.9. The van der Waals surface area contributed by atoms with Crippen molar-refractivity contribution in [3.05, 3.63) is 12.7 Å². The topological polar surface area (TPSA) is 150 Å².